The molecule has 1 saturated heterocycles. The van der Waals surface area contributed by atoms with Gasteiger partial charge in [-0.2, -0.15) is 0 Å². The molecule has 2 N–H and O–H groups in total. The summed E-state index contributed by atoms with van der Waals surface area (Å²) in [6.45, 7) is 5.76. The van der Waals surface area contributed by atoms with E-state index in [2.05, 4.69) is 23.2 Å². The molecule has 20 heavy (non-hydrogen) atoms. The number of methoxy groups -OCH3 is 1. The van der Waals surface area contributed by atoms with Crippen molar-refractivity contribution in [1.82, 2.24) is 10.2 Å². The standard InChI is InChI=1S/C16H26N2O2/c1-13(14-6-5-7-16(10-14)20-2)17-11-15(19)12-18-8-3-4-9-18/h5-7,10,13,15,17,19H,3-4,8-9,11-12H2,1-2H3/t13-,15?/m1/s1. The molecule has 1 fully saturated rings. The zero-order valence-corrected chi connectivity index (χ0v) is 12.5. The lowest BCUT2D eigenvalue weighted by molar-refractivity contribution is 0.121. The Bertz CT molecular complexity index is 405. The highest BCUT2D eigenvalue weighted by Gasteiger charge is 2.16. The van der Waals surface area contributed by atoms with Gasteiger partial charge in [0, 0.05) is 19.1 Å². The smallest absolute Gasteiger partial charge is 0.119 e. The second kappa shape index (κ2) is 7.62. The van der Waals surface area contributed by atoms with Crippen LogP contribution in [0.5, 0.6) is 5.75 Å². The van der Waals surface area contributed by atoms with Crippen molar-refractivity contribution in [3.63, 3.8) is 0 Å². The molecule has 0 aromatic heterocycles. The third kappa shape index (κ3) is 4.47. The van der Waals surface area contributed by atoms with Gasteiger partial charge in [-0.3, -0.25) is 0 Å². The largest absolute Gasteiger partial charge is 0.497 e. The van der Waals surface area contributed by atoms with Crippen molar-refractivity contribution in [3.05, 3.63) is 29.8 Å². The van der Waals surface area contributed by atoms with Crippen LogP contribution >= 0.6 is 0 Å². The van der Waals surface area contributed by atoms with E-state index in [-0.39, 0.29) is 12.1 Å². The van der Waals surface area contributed by atoms with Gasteiger partial charge in [-0.25, -0.2) is 0 Å². The summed E-state index contributed by atoms with van der Waals surface area (Å²) in [4.78, 5) is 2.34. The topological polar surface area (TPSA) is 44.7 Å². The number of nitrogens with one attached hydrogen (secondary N) is 1. The highest BCUT2D eigenvalue weighted by atomic mass is 16.5. The molecular weight excluding hydrogens is 252 g/mol. The molecule has 0 amide bonds. The van der Waals surface area contributed by atoms with E-state index in [1.807, 2.05) is 18.2 Å². The van der Waals surface area contributed by atoms with Crippen LogP contribution in [0.25, 0.3) is 0 Å². The third-order valence-corrected chi connectivity index (χ3v) is 3.92. The lowest BCUT2D eigenvalue weighted by Crippen LogP contribution is -2.37. The number of hydrogen-bond donors (Lipinski definition) is 2. The molecule has 4 heteroatoms. The fraction of sp³-hybridized carbons (Fsp3) is 0.625. The van der Waals surface area contributed by atoms with Crippen molar-refractivity contribution in [2.45, 2.75) is 31.9 Å². The zero-order chi connectivity index (χ0) is 14.4. The van der Waals surface area contributed by atoms with E-state index in [1.165, 1.54) is 18.4 Å². The number of hydrogen-bond acceptors (Lipinski definition) is 4. The SMILES string of the molecule is COc1cccc([C@@H](C)NCC(O)CN2CCCC2)c1. The predicted molar refractivity (Wildman–Crippen MR) is 81.1 cm³/mol. The van der Waals surface area contributed by atoms with Crippen LogP contribution in [0.3, 0.4) is 0 Å². The van der Waals surface area contributed by atoms with Gasteiger partial charge in [-0.1, -0.05) is 12.1 Å². The van der Waals surface area contributed by atoms with Gasteiger partial charge in [0.2, 0.25) is 0 Å². The summed E-state index contributed by atoms with van der Waals surface area (Å²) in [5, 5.41) is 13.5. The summed E-state index contributed by atoms with van der Waals surface area (Å²) in [5.74, 6) is 0.869. The Hall–Kier alpha value is -1.10. The Morgan fingerprint density at radius 2 is 2.10 bits per heavy atom. The molecule has 0 saturated carbocycles. The van der Waals surface area contributed by atoms with E-state index in [9.17, 15) is 5.11 Å². The minimum atomic E-state index is -0.304. The lowest BCUT2D eigenvalue weighted by atomic mass is 10.1. The minimum Gasteiger partial charge on any atom is -0.497 e. The summed E-state index contributed by atoms with van der Waals surface area (Å²) in [6.07, 6.45) is 2.22. The molecule has 112 valence electrons. The first-order valence-electron chi connectivity index (χ1n) is 7.47. The van der Waals surface area contributed by atoms with Gasteiger partial charge in [-0.15, -0.1) is 0 Å². The summed E-state index contributed by atoms with van der Waals surface area (Å²) < 4.78 is 5.24. The lowest BCUT2D eigenvalue weighted by Gasteiger charge is -2.22. The number of ether oxygens (including phenoxy) is 1. The van der Waals surface area contributed by atoms with Crippen LogP contribution in [0.1, 0.15) is 31.4 Å². The normalized spacial score (nSPS) is 18.9. The van der Waals surface area contributed by atoms with Crippen LogP contribution in [-0.2, 0) is 0 Å². The molecule has 2 rings (SSSR count). The summed E-state index contributed by atoms with van der Waals surface area (Å²) in [5.41, 5.74) is 1.18. The molecule has 1 heterocycles. The number of likely N-dealkylation sites (tertiary alicyclic amines) is 1. The fourth-order valence-electron chi connectivity index (χ4n) is 2.67. The van der Waals surface area contributed by atoms with Crippen molar-refractivity contribution in [2.24, 2.45) is 0 Å². The highest BCUT2D eigenvalue weighted by molar-refractivity contribution is 5.30. The van der Waals surface area contributed by atoms with E-state index < -0.39 is 0 Å². The van der Waals surface area contributed by atoms with Gasteiger partial charge < -0.3 is 20.1 Å². The maximum atomic E-state index is 10.1. The van der Waals surface area contributed by atoms with Crippen molar-refractivity contribution in [3.8, 4) is 5.75 Å². The van der Waals surface area contributed by atoms with E-state index in [0.29, 0.717) is 6.54 Å². The van der Waals surface area contributed by atoms with E-state index in [0.717, 1.165) is 25.4 Å². The maximum absolute atomic E-state index is 10.1. The number of aliphatic hydroxyl groups is 1. The second-order valence-corrected chi connectivity index (χ2v) is 5.57. The van der Waals surface area contributed by atoms with Gasteiger partial charge in [-0.05, 0) is 50.6 Å². The first-order chi connectivity index (χ1) is 9.69. The average Bonchev–Trinajstić information content (AvgIpc) is 2.97. The number of rotatable bonds is 7. The predicted octanol–water partition coefficient (Wildman–Crippen LogP) is 1.80. The van der Waals surface area contributed by atoms with Crippen LogP contribution in [0.2, 0.25) is 0 Å². The highest BCUT2D eigenvalue weighted by Crippen LogP contribution is 2.18. The molecule has 1 aromatic rings. The summed E-state index contributed by atoms with van der Waals surface area (Å²) in [6, 6.07) is 8.25. The molecular formula is C16H26N2O2. The van der Waals surface area contributed by atoms with Gasteiger partial charge in [0.1, 0.15) is 5.75 Å². The van der Waals surface area contributed by atoms with Crippen LogP contribution in [0.15, 0.2) is 24.3 Å². The molecule has 0 radical (unpaired) electrons. The summed E-state index contributed by atoms with van der Waals surface area (Å²) >= 11 is 0. The van der Waals surface area contributed by atoms with E-state index >= 15 is 0 Å². The molecule has 1 aliphatic rings. The molecule has 1 aromatic carbocycles. The number of aliphatic hydroxyl groups excluding tert-OH is 1. The van der Waals surface area contributed by atoms with E-state index in [1.54, 1.807) is 7.11 Å². The van der Waals surface area contributed by atoms with Crippen molar-refractivity contribution in [1.29, 1.82) is 0 Å². The fourth-order valence-corrected chi connectivity index (χ4v) is 2.67. The molecule has 1 unspecified atom stereocenters. The Morgan fingerprint density at radius 3 is 2.80 bits per heavy atom. The monoisotopic (exact) mass is 278 g/mol. The molecule has 1 aliphatic heterocycles. The van der Waals surface area contributed by atoms with Crippen molar-refractivity contribution >= 4 is 0 Å². The Balaban J connectivity index is 1.77. The number of nitrogens with zero attached hydrogens (tertiary/aromatic N) is 1. The van der Waals surface area contributed by atoms with E-state index in [4.69, 9.17) is 4.74 Å². The van der Waals surface area contributed by atoms with Crippen LogP contribution in [0, 0.1) is 0 Å². The van der Waals surface area contributed by atoms with Gasteiger partial charge in [0.05, 0.1) is 13.2 Å². The Kier molecular flexibility index (Phi) is 5.83. The maximum Gasteiger partial charge on any atom is 0.119 e. The van der Waals surface area contributed by atoms with Gasteiger partial charge >= 0.3 is 0 Å². The van der Waals surface area contributed by atoms with Crippen LogP contribution in [0.4, 0.5) is 0 Å². The minimum absolute atomic E-state index is 0.207. The second-order valence-electron chi connectivity index (χ2n) is 5.57. The third-order valence-electron chi connectivity index (χ3n) is 3.92. The Morgan fingerprint density at radius 1 is 1.35 bits per heavy atom. The Labute approximate surface area is 121 Å². The zero-order valence-electron chi connectivity index (χ0n) is 12.5. The average molecular weight is 278 g/mol. The molecule has 0 spiro atoms. The molecule has 0 aliphatic carbocycles. The molecule has 4 nitrogen and oxygen atoms in total. The summed E-state index contributed by atoms with van der Waals surface area (Å²) in [7, 11) is 1.68. The van der Waals surface area contributed by atoms with Gasteiger partial charge in [0.15, 0.2) is 0 Å². The van der Waals surface area contributed by atoms with Crippen molar-refractivity contribution in [2.75, 3.05) is 33.3 Å². The number of β-amino-alcohol motifs (C(OH)–C–C–N with tert-alkyl or cyclic N) is 1. The van der Waals surface area contributed by atoms with Crippen LogP contribution in [-0.4, -0.2) is 49.4 Å². The first-order valence-corrected chi connectivity index (χ1v) is 7.47. The molecule has 2 atom stereocenters. The first kappa shape index (κ1) is 15.3. The quantitative estimate of drug-likeness (QED) is 0.798. The van der Waals surface area contributed by atoms with Gasteiger partial charge in [0.25, 0.3) is 0 Å². The van der Waals surface area contributed by atoms with Crippen molar-refractivity contribution < 1.29 is 9.84 Å². The van der Waals surface area contributed by atoms with Crippen LogP contribution < -0.4 is 10.1 Å². The molecule has 0 bridgehead atoms. The number of benzene rings is 1.